The van der Waals surface area contributed by atoms with Crippen molar-refractivity contribution in [1.82, 2.24) is 5.32 Å². The Morgan fingerprint density at radius 2 is 1.76 bits per heavy atom. The Labute approximate surface area is 100 Å². The number of nitrogens with one attached hydrogen (secondary N) is 1. The average Bonchev–Trinajstić information content (AvgIpc) is 2.15. The highest BCUT2D eigenvalue weighted by Gasteiger charge is 2.25. The van der Waals surface area contributed by atoms with Crippen molar-refractivity contribution < 1.29 is 13.6 Å². The molecule has 2 nitrogen and oxygen atoms in total. The molecule has 0 unspecified atom stereocenters. The number of carbonyl (C=O) groups is 1. The number of ketones is 1. The Balaban J connectivity index is 2.80. The molecule has 0 aliphatic rings. The van der Waals surface area contributed by atoms with Gasteiger partial charge in [0.15, 0.2) is 5.78 Å². The van der Waals surface area contributed by atoms with Gasteiger partial charge in [0.1, 0.15) is 11.6 Å². The number of halogens is 2. The number of hydrogen-bond donors (Lipinski definition) is 1. The molecule has 1 aromatic carbocycles. The fourth-order valence-electron chi connectivity index (χ4n) is 1.66. The summed E-state index contributed by atoms with van der Waals surface area (Å²) >= 11 is 0. The number of carbonyl (C=O) groups excluding carboxylic acids is 1. The van der Waals surface area contributed by atoms with E-state index in [0.717, 1.165) is 6.07 Å². The van der Waals surface area contributed by atoms with Gasteiger partial charge in [-0.2, -0.15) is 0 Å². The molecule has 0 heterocycles. The predicted octanol–water partition coefficient (Wildman–Crippen LogP) is 2.46. The fourth-order valence-corrected chi connectivity index (χ4v) is 1.66. The van der Waals surface area contributed by atoms with Crippen LogP contribution in [0.5, 0.6) is 0 Å². The van der Waals surface area contributed by atoms with Crippen LogP contribution in [0.2, 0.25) is 0 Å². The second-order valence-electron chi connectivity index (χ2n) is 4.53. The second-order valence-corrected chi connectivity index (χ2v) is 4.53. The van der Waals surface area contributed by atoms with Gasteiger partial charge < -0.3 is 5.32 Å². The van der Waals surface area contributed by atoms with Crippen LogP contribution in [0.1, 0.15) is 26.3 Å². The molecule has 17 heavy (non-hydrogen) atoms. The first kappa shape index (κ1) is 13.8. The monoisotopic (exact) mass is 241 g/mol. The normalized spacial score (nSPS) is 11.6. The Kier molecular flexibility index (Phi) is 4.34. The van der Waals surface area contributed by atoms with Crippen molar-refractivity contribution in [3.63, 3.8) is 0 Å². The van der Waals surface area contributed by atoms with Gasteiger partial charge in [-0.1, -0.05) is 6.92 Å². The number of Topliss-reactive ketones (excluding diaryl/α,β-unsaturated/α-hetero) is 1. The smallest absolute Gasteiger partial charge is 0.156 e. The summed E-state index contributed by atoms with van der Waals surface area (Å²) in [5.74, 6) is -1.41. The van der Waals surface area contributed by atoms with E-state index in [2.05, 4.69) is 5.32 Å². The zero-order valence-electron chi connectivity index (χ0n) is 10.3. The van der Waals surface area contributed by atoms with Crippen LogP contribution in [0.3, 0.4) is 0 Å². The lowest BCUT2D eigenvalue weighted by molar-refractivity contribution is -0.123. The third-order valence-corrected chi connectivity index (χ3v) is 2.60. The maximum atomic E-state index is 13.0. The van der Waals surface area contributed by atoms with Gasteiger partial charge in [-0.05, 0) is 38.1 Å². The molecule has 0 aliphatic carbocycles. The van der Waals surface area contributed by atoms with Crippen molar-refractivity contribution in [3.8, 4) is 0 Å². The van der Waals surface area contributed by atoms with E-state index in [0.29, 0.717) is 12.1 Å². The zero-order valence-corrected chi connectivity index (χ0v) is 10.3. The van der Waals surface area contributed by atoms with Crippen molar-refractivity contribution >= 4 is 5.78 Å². The van der Waals surface area contributed by atoms with Crippen LogP contribution >= 0.6 is 0 Å². The number of rotatable bonds is 5. The lowest BCUT2D eigenvalue weighted by Gasteiger charge is -2.24. The van der Waals surface area contributed by atoms with Gasteiger partial charge in [0.05, 0.1) is 5.54 Å². The van der Waals surface area contributed by atoms with Gasteiger partial charge in [0.2, 0.25) is 0 Å². The van der Waals surface area contributed by atoms with Crippen LogP contribution in [0.25, 0.3) is 0 Å². The summed E-state index contributed by atoms with van der Waals surface area (Å²) in [4.78, 5) is 11.9. The number of likely N-dealkylation sites (N-methyl/N-ethyl adjacent to an activating group) is 1. The molecule has 0 saturated heterocycles. The molecule has 0 spiro atoms. The summed E-state index contributed by atoms with van der Waals surface area (Å²) in [5, 5.41) is 3.03. The highest BCUT2D eigenvalue weighted by atomic mass is 19.1. The average molecular weight is 241 g/mol. The lowest BCUT2D eigenvalue weighted by atomic mass is 9.93. The van der Waals surface area contributed by atoms with Crippen molar-refractivity contribution in [2.24, 2.45) is 0 Å². The molecular formula is C13H17F2NO. The summed E-state index contributed by atoms with van der Waals surface area (Å²) in [6, 6.07) is 3.16. The van der Waals surface area contributed by atoms with Gasteiger partial charge in [-0.3, -0.25) is 4.79 Å². The molecule has 4 heteroatoms. The third kappa shape index (κ3) is 3.89. The third-order valence-electron chi connectivity index (χ3n) is 2.60. The van der Waals surface area contributed by atoms with Crippen molar-refractivity contribution in [3.05, 3.63) is 35.4 Å². The van der Waals surface area contributed by atoms with Crippen LogP contribution in [-0.2, 0) is 11.2 Å². The summed E-state index contributed by atoms with van der Waals surface area (Å²) in [7, 11) is 0. The van der Waals surface area contributed by atoms with E-state index in [-0.39, 0.29) is 12.2 Å². The number of benzene rings is 1. The molecule has 94 valence electrons. The van der Waals surface area contributed by atoms with Crippen LogP contribution < -0.4 is 5.32 Å². The molecule has 1 N–H and O–H groups in total. The molecular weight excluding hydrogens is 224 g/mol. The molecule has 1 rings (SSSR count). The number of hydrogen-bond acceptors (Lipinski definition) is 2. The Morgan fingerprint density at radius 3 is 2.24 bits per heavy atom. The Bertz CT molecular complexity index is 396. The predicted molar refractivity (Wildman–Crippen MR) is 62.8 cm³/mol. The van der Waals surface area contributed by atoms with Gasteiger partial charge in [-0.25, -0.2) is 8.78 Å². The van der Waals surface area contributed by atoms with E-state index < -0.39 is 17.2 Å². The quantitative estimate of drug-likeness (QED) is 0.858. The summed E-state index contributed by atoms with van der Waals surface area (Å²) in [6.45, 7) is 6.08. The molecule has 0 fully saturated rings. The Hall–Kier alpha value is -1.29. The zero-order chi connectivity index (χ0) is 13.1. The molecule has 0 radical (unpaired) electrons. The molecule has 0 amide bonds. The minimum atomic E-state index is -0.683. The maximum Gasteiger partial charge on any atom is 0.156 e. The standard InChI is InChI=1S/C13H17F2NO/c1-4-16-13(2,3)12(17)7-9-5-10(14)8-11(15)6-9/h5-6,8,16H,4,7H2,1-3H3. The van der Waals surface area contributed by atoms with Gasteiger partial charge in [-0.15, -0.1) is 0 Å². The van der Waals surface area contributed by atoms with Gasteiger partial charge in [0.25, 0.3) is 0 Å². The van der Waals surface area contributed by atoms with Crippen LogP contribution in [-0.4, -0.2) is 17.9 Å². The van der Waals surface area contributed by atoms with E-state index in [4.69, 9.17) is 0 Å². The van der Waals surface area contributed by atoms with Crippen LogP contribution in [0.4, 0.5) is 8.78 Å². The summed E-state index contributed by atoms with van der Waals surface area (Å²) in [6.07, 6.45) is 0.0225. The lowest BCUT2D eigenvalue weighted by Crippen LogP contribution is -2.47. The van der Waals surface area contributed by atoms with E-state index in [1.54, 1.807) is 13.8 Å². The van der Waals surface area contributed by atoms with E-state index in [1.807, 2.05) is 6.92 Å². The molecule has 1 aromatic rings. The first-order chi connectivity index (χ1) is 7.85. The van der Waals surface area contributed by atoms with E-state index in [1.165, 1.54) is 12.1 Å². The highest BCUT2D eigenvalue weighted by molar-refractivity contribution is 5.89. The molecule has 0 atom stereocenters. The van der Waals surface area contributed by atoms with Crippen molar-refractivity contribution in [2.45, 2.75) is 32.7 Å². The molecule has 0 bridgehead atoms. The SMILES string of the molecule is CCNC(C)(C)C(=O)Cc1cc(F)cc(F)c1. The minimum absolute atomic E-state index is 0.0225. The summed E-state index contributed by atoms with van der Waals surface area (Å²) in [5.41, 5.74) is -0.323. The molecule has 0 saturated carbocycles. The van der Waals surface area contributed by atoms with Crippen molar-refractivity contribution in [1.29, 1.82) is 0 Å². The Morgan fingerprint density at radius 1 is 1.24 bits per heavy atom. The van der Waals surface area contributed by atoms with Crippen LogP contribution in [0, 0.1) is 11.6 Å². The van der Waals surface area contributed by atoms with E-state index >= 15 is 0 Å². The van der Waals surface area contributed by atoms with E-state index in [9.17, 15) is 13.6 Å². The first-order valence-electron chi connectivity index (χ1n) is 5.58. The highest BCUT2D eigenvalue weighted by Crippen LogP contribution is 2.13. The van der Waals surface area contributed by atoms with Crippen molar-refractivity contribution in [2.75, 3.05) is 6.54 Å². The summed E-state index contributed by atoms with van der Waals surface area (Å²) < 4.78 is 25.9. The molecule has 0 aliphatic heterocycles. The first-order valence-corrected chi connectivity index (χ1v) is 5.58. The second kappa shape index (κ2) is 5.36. The maximum absolute atomic E-state index is 13.0. The fraction of sp³-hybridized carbons (Fsp3) is 0.462. The molecule has 0 aromatic heterocycles. The minimum Gasteiger partial charge on any atom is -0.306 e. The topological polar surface area (TPSA) is 29.1 Å². The van der Waals surface area contributed by atoms with Gasteiger partial charge >= 0.3 is 0 Å². The van der Waals surface area contributed by atoms with Gasteiger partial charge in [0, 0.05) is 12.5 Å². The largest absolute Gasteiger partial charge is 0.306 e. The van der Waals surface area contributed by atoms with Crippen LogP contribution in [0.15, 0.2) is 18.2 Å².